The number of hydrogen-bond donors (Lipinski definition) is 1. The van der Waals surface area contributed by atoms with E-state index in [2.05, 4.69) is 10.5 Å². The van der Waals surface area contributed by atoms with Crippen LogP contribution in [0.15, 0.2) is 22.7 Å². The number of rotatable bonds is 4. The Morgan fingerprint density at radius 2 is 2.36 bits per heavy atom. The Morgan fingerprint density at radius 3 is 3.09 bits per heavy atom. The Kier molecular flexibility index (Phi) is 4.16. The number of hydrogen-bond acceptors (Lipinski definition) is 3. The number of aryl methyl sites for hydroxylation is 2. The summed E-state index contributed by atoms with van der Waals surface area (Å²) in [5, 5.41) is 7.00. The van der Waals surface area contributed by atoms with Crippen molar-refractivity contribution in [1.82, 2.24) is 10.5 Å². The van der Waals surface area contributed by atoms with Crippen molar-refractivity contribution in [3.05, 3.63) is 51.6 Å². The number of aromatic nitrogens is 1. The first-order valence-electron chi connectivity index (χ1n) is 7.23. The van der Waals surface area contributed by atoms with Crippen LogP contribution in [0, 0.1) is 12.7 Å². The molecule has 116 valence electrons. The number of fused-ring (bicyclic) bond motifs is 1. The molecule has 4 nitrogen and oxygen atoms in total. The van der Waals surface area contributed by atoms with Gasteiger partial charge in [0.1, 0.15) is 5.82 Å². The first-order valence-corrected chi connectivity index (χ1v) is 7.60. The molecule has 1 amide bonds. The van der Waals surface area contributed by atoms with E-state index in [1.807, 2.05) is 0 Å². The van der Waals surface area contributed by atoms with Crippen LogP contribution in [0.25, 0.3) is 0 Å². The van der Waals surface area contributed by atoms with E-state index in [9.17, 15) is 9.18 Å². The highest BCUT2D eigenvalue weighted by molar-refractivity contribution is 6.29. The van der Waals surface area contributed by atoms with Crippen LogP contribution in [-0.4, -0.2) is 11.1 Å². The Morgan fingerprint density at radius 1 is 1.55 bits per heavy atom. The summed E-state index contributed by atoms with van der Waals surface area (Å²) in [6.45, 7) is 1.80. The summed E-state index contributed by atoms with van der Waals surface area (Å²) in [5.74, 6) is -0.290. The maximum absolute atomic E-state index is 13.2. The van der Waals surface area contributed by atoms with Crippen molar-refractivity contribution in [2.24, 2.45) is 0 Å². The van der Waals surface area contributed by atoms with Gasteiger partial charge in [-0.15, -0.1) is 0 Å². The molecule has 0 unspecified atom stereocenters. The minimum absolute atomic E-state index is 0.0397. The maximum atomic E-state index is 13.2. The minimum atomic E-state index is -0.233. The molecule has 0 saturated carbocycles. The molecule has 0 spiro atoms. The van der Waals surface area contributed by atoms with Crippen LogP contribution in [-0.2, 0) is 17.6 Å². The number of nitrogens with one attached hydrogen (secondary N) is 1. The van der Waals surface area contributed by atoms with Crippen LogP contribution < -0.4 is 5.32 Å². The summed E-state index contributed by atoms with van der Waals surface area (Å²) >= 11 is 5.88. The number of amides is 1. The van der Waals surface area contributed by atoms with Crippen LogP contribution in [0.2, 0.25) is 5.22 Å². The number of nitrogens with zero attached hydrogens (tertiary/aromatic N) is 1. The smallest absolute Gasteiger partial charge is 0.229 e. The summed E-state index contributed by atoms with van der Waals surface area (Å²) in [6, 6.07) is 4.69. The standard InChI is InChI=1S/C16H16ClFN2O2/c1-9-12(16(17)22-20-9)5-7-15(21)19-14-6-2-10-8-11(18)3-4-13(10)14/h3-4,8,14H,2,5-7H2,1H3,(H,19,21)/t14-/m0/s1. The maximum Gasteiger partial charge on any atom is 0.229 e. The van der Waals surface area contributed by atoms with Crippen molar-refractivity contribution in [2.45, 2.75) is 38.6 Å². The number of halogens is 2. The molecule has 0 saturated heterocycles. The van der Waals surface area contributed by atoms with Crippen LogP contribution in [0.1, 0.15) is 41.3 Å². The van der Waals surface area contributed by atoms with Gasteiger partial charge in [0.25, 0.3) is 0 Å². The number of carbonyl (C=O) groups excluding carboxylic acids is 1. The highest BCUT2D eigenvalue weighted by Gasteiger charge is 2.24. The molecule has 1 aliphatic rings. The van der Waals surface area contributed by atoms with E-state index in [4.69, 9.17) is 16.1 Å². The van der Waals surface area contributed by atoms with E-state index < -0.39 is 0 Å². The summed E-state index contributed by atoms with van der Waals surface area (Å²) in [7, 11) is 0. The fourth-order valence-corrected chi connectivity index (χ4v) is 3.15. The Hall–Kier alpha value is -1.88. The average molecular weight is 323 g/mol. The first kappa shape index (κ1) is 15.0. The lowest BCUT2D eigenvalue weighted by molar-refractivity contribution is -0.121. The van der Waals surface area contributed by atoms with Crippen LogP contribution >= 0.6 is 11.6 Å². The van der Waals surface area contributed by atoms with E-state index in [1.165, 1.54) is 6.07 Å². The third kappa shape index (κ3) is 2.99. The predicted molar refractivity (Wildman–Crippen MR) is 80.2 cm³/mol. The SMILES string of the molecule is Cc1noc(Cl)c1CCC(=O)N[C@H]1CCc2cc(F)ccc21. The molecule has 1 aromatic carbocycles. The Bertz CT molecular complexity index is 695. The molecule has 1 aliphatic carbocycles. The highest BCUT2D eigenvalue weighted by atomic mass is 35.5. The third-order valence-electron chi connectivity index (χ3n) is 4.06. The van der Waals surface area contributed by atoms with Gasteiger partial charge >= 0.3 is 0 Å². The van der Waals surface area contributed by atoms with Gasteiger partial charge in [0, 0.05) is 12.0 Å². The quantitative estimate of drug-likeness (QED) is 0.937. The van der Waals surface area contributed by atoms with Crippen molar-refractivity contribution in [1.29, 1.82) is 0 Å². The van der Waals surface area contributed by atoms with Crippen molar-refractivity contribution in [2.75, 3.05) is 0 Å². The molecule has 1 N–H and O–H groups in total. The molecule has 1 atom stereocenters. The van der Waals surface area contributed by atoms with Gasteiger partial charge in [0.15, 0.2) is 0 Å². The van der Waals surface area contributed by atoms with E-state index in [0.717, 1.165) is 29.5 Å². The Labute approximate surface area is 132 Å². The van der Waals surface area contributed by atoms with Crippen molar-refractivity contribution in [3.63, 3.8) is 0 Å². The molecule has 22 heavy (non-hydrogen) atoms. The molecule has 0 fully saturated rings. The molecule has 0 bridgehead atoms. The van der Waals surface area contributed by atoms with Gasteiger partial charge in [0.2, 0.25) is 11.1 Å². The fourth-order valence-electron chi connectivity index (χ4n) is 2.88. The molecule has 1 aromatic heterocycles. The topological polar surface area (TPSA) is 55.1 Å². The lowest BCUT2D eigenvalue weighted by Crippen LogP contribution is -2.27. The van der Waals surface area contributed by atoms with Gasteiger partial charge in [-0.3, -0.25) is 4.79 Å². The summed E-state index contributed by atoms with van der Waals surface area (Å²) in [4.78, 5) is 12.1. The zero-order valence-corrected chi connectivity index (χ0v) is 12.9. The molecule has 6 heteroatoms. The Balaban J connectivity index is 1.60. The van der Waals surface area contributed by atoms with Crippen LogP contribution in [0.4, 0.5) is 4.39 Å². The molecule has 0 aliphatic heterocycles. The summed E-state index contributed by atoms with van der Waals surface area (Å²) in [6.07, 6.45) is 2.39. The zero-order chi connectivity index (χ0) is 15.7. The monoisotopic (exact) mass is 322 g/mol. The lowest BCUT2D eigenvalue weighted by Gasteiger charge is -2.14. The second kappa shape index (κ2) is 6.08. The van der Waals surface area contributed by atoms with E-state index in [-0.39, 0.29) is 23.0 Å². The van der Waals surface area contributed by atoms with E-state index in [1.54, 1.807) is 19.1 Å². The zero-order valence-electron chi connectivity index (χ0n) is 12.2. The average Bonchev–Trinajstić information content (AvgIpc) is 3.01. The van der Waals surface area contributed by atoms with Gasteiger partial charge in [-0.05, 0) is 61.0 Å². The number of benzene rings is 1. The van der Waals surface area contributed by atoms with E-state index >= 15 is 0 Å². The van der Waals surface area contributed by atoms with Crippen LogP contribution in [0.3, 0.4) is 0 Å². The van der Waals surface area contributed by atoms with Crippen molar-refractivity contribution >= 4 is 17.5 Å². The lowest BCUT2D eigenvalue weighted by atomic mass is 10.1. The van der Waals surface area contributed by atoms with Crippen molar-refractivity contribution < 1.29 is 13.7 Å². The highest BCUT2D eigenvalue weighted by Crippen LogP contribution is 2.31. The van der Waals surface area contributed by atoms with E-state index in [0.29, 0.717) is 18.5 Å². The minimum Gasteiger partial charge on any atom is -0.349 e. The fraction of sp³-hybridized carbons (Fsp3) is 0.375. The van der Waals surface area contributed by atoms with Gasteiger partial charge < -0.3 is 9.84 Å². The third-order valence-corrected chi connectivity index (χ3v) is 4.35. The summed E-state index contributed by atoms with van der Waals surface area (Å²) < 4.78 is 18.1. The molecule has 2 aromatic rings. The molecule has 3 rings (SSSR count). The first-order chi connectivity index (χ1) is 10.5. The second-order valence-corrected chi connectivity index (χ2v) is 5.87. The van der Waals surface area contributed by atoms with Gasteiger partial charge in [-0.25, -0.2) is 4.39 Å². The summed E-state index contributed by atoms with van der Waals surface area (Å²) in [5.41, 5.74) is 3.46. The molecule has 1 heterocycles. The van der Waals surface area contributed by atoms with Gasteiger partial charge in [-0.1, -0.05) is 11.2 Å². The van der Waals surface area contributed by atoms with Crippen molar-refractivity contribution in [3.8, 4) is 0 Å². The van der Waals surface area contributed by atoms with Crippen LogP contribution in [0.5, 0.6) is 0 Å². The molecule has 0 radical (unpaired) electrons. The van der Waals surface area contributed by atoms with Gasteiger partial charge in [-0.2, -0.15) is 0 Å². The largest absolute Gasteiger partial charge is 0.349 e. The number of carbonyl (C=O) groups is 1. The molecular weight excluding hydrogens is 307 g/mol. The second-order valence-electron chi connectivity index (χ2n) is 5.52. The van der Waals surface area contributed by atoms with Gasteiger partial charge in [0.05, 0.1) is 11.7 Å². The molecular formula is C16H16ClFN2O2. The normalized spacial score (nSPS) is 16.6. The predicted octanol–water partition coefficient (Wildman–Crippen LogP) is 3.51.